The van der Waals surface area contributed by atoms with Gasteiger partial charge in [0.05, 0.1) is 5.52 Å². The fourth-order valence-corrected chi connectivity index (χ4v) is 3.24. The number of hydrogen-bond donors (Lipinski definition) is 1. The summed E-state index contributed by atoms with van der Waals surface area (Å²) in [6.07, 6.45) is 0. The summed E-state index contributed by atoms with van der Waals surface area (Å²) in [6.45, 7) is 1.84. The maximum atomic E-state index is 12.5. The minimum Gasteiger partial charge on any atom is -0.457 e. The van der Waals surface area contributed by atoms with E-state index >= 15 is 0 Å². The number of aromatic nitrogens is 1. The predicted octanol–water partition coefficient (Wildman–Crippen LogP) is 4.74. The monoisotopic (exact) mass is 384 g/mol. The number of fused-ring (bicyclic) bond motifs is 1. The normalized spacial score (nSPS) is 10.7. The van der Waals surface area contributed by atoms with Gasteiger partial charge in [-0.1, -0.05) is 36.4 Å². The van der Waals surface area contributed by atoms with E-state index in [-0.39, 0.29) is 18.0 Å². The van der Waals surface area contributed by atoms with Gasteiger partial charge in [0, 0.05) is 17.1 Å². The number of carbonyl (C=O) groups excluding carboxylic acids is 1. The first-order valence-electron chi connectivity index (χ1n) is 9.32. The average molecular weight is 384 g/mol. The van der Waals surface area contributed by atoms with Crippen molar-refractivity contribution in [3.05, 3.63) is 101 Å². The number of carbonyl (C=O) groups is 1. The van der Waals surface area contributed by atoms with Gasteiger partial charge in [-0.2, -0.15) is 0 Å². The second-order valence-corrected chi connectivity index (χ2v) is 6.76. The molecule has 5 heteroatoms. The molecule has 29 heavy (non-hydrogen) atoms. The van der Waals surface area contributed by atoms with Crippen molar-refractivity contribution in [2.75, 3.05) is 5.32 Å². The molecular formula is C24H20N2O3. The first-order chi connectivity index (χ1) is 14.1. The van der Waals surface area contributed by atoms with E-state index in [9.17, 15) is 9.59 Å². The molecule has 1 N–H and O–H groups in total. The van der Waals surface area contributed by atoms with Crippen molar-refractivity contribution in [3.63, 3.8) is 0 Å². The Hall–Kier alpha value is -3.86. The lowest BCUT2D eigenvalue weighted by molar-refractivity contribution is -0.116. The van der Waals surface area contributed by atoms with Gasteiger partial charge in [-0.15, -0.1) is 0 Å². The Morgan fingerprint density at radius 2 is 1.55 bits per heavy atom. The van der Waals surface area contributed by atoms with E-state index < -0.39 is 0 Å². The number of anilines is 1. The van der Waals surface area contributed by atoms with Crippen LogP contribution in [0.1, 0.15) is 5.56 Å². The Balaban J connectivity index is 1.48. The Morgan fingerprint density at radius 3 is 2.31 bits per heavy atom. The molecule has 144 valence electrons. The summed E-state index contributed by atoms with van der Waals surface area (Å²) in [4.78, 5) is 25.0. The molecule has 0 radical (unpaired) electrons. The number of pyridine rings is 1. The van der Waals surface area contributed by atoms with Gasteiger partial charge >= 0.3 is 0 Å². The van der Waals surface area contributed by atoms with Crippen LogP contribution in [0.4, 0.5) is 5.69 Å². The van der Waals surface area contributed by atoms with Gasteiger partial charge in [0.15, 0.2) is 0 Å². The Bertz CT molecular complexity index is 1210. The van der Waals surface area contributed by atoms with Gasteiger partial charge in [-0.25, -0.2) is 0 Å². The molecule has 4 aromatic rings. The molecule has 3 aromatic carbocycles. The van der Waals surface area contributed by atoms with Crippen LogP contribution in [0.2, 0.25) is 0 Å². The third kappa shape index (κ3) is 4.19. The van der Waals surface area contributed by atoms with Crippen molar-refractivity contribution in [2.45, 2.75) is 13.5 Å². The topological polar surface area (TPSA) is 60.3 Å². The van der Waals surface area contributed by atoms with E-state index in [1.807, 2.05) is 61.5 Å². The minimum absolute atomic E-state index is 0.0537. The third-order valence-electron chi connectivity index (χ3n) is 4.64. The standard InChI is InChI=1S/C24H20N2O3/c1-17-15-24(28)26(22-10-6-5-9-21(17)22)16-23(27)25-18-11-13-20(14-12-18)29-19-7-3-2-4-8-19/h2-15H,16H2,1H3,(H,25,27). The first-order valence-corrected chi connectivity index (χ1v) is 9.32. The van der Waals surface area contributed by atoms with E-state index in [0.717, 1.165) is 22.2 Å². The Kier molecular flexibility index (Phi) is 5.12. The summed E-state index contributed by atoms with van der Waals surface area (Å²) >= 11 is 0. The molecule has 0 saturated carbocycles. The van der Waals surface area contributed by atoms with Crippen LogP contribution in [-0.4, -0.2) is 10.5 Å². The molecule has 0 aliphatic rings. The van der Waals surface area contributed by atoms with Crippen LogP contribution in [0.5, 0.6) is 11.5 Å². The number of rotatable bonds is 5. The highest BCUT2D eigenvalue weighted by atomic mass is 16.5. The van der Waals surface area contributed by atoms with E-state index in [0.29, 0.717) is 11.4 Å². The van der Waals surface area contributed by atoms with Gasteiger partial charge in [-0.3, -0.25) is 14.2 Å². The summed E-state index contributed by atoms with van der Waals surface area (Å²) in [7, 11) is 0. The SMILES string of the molecule is Cc1cc(=O)n(CC(=O)Nc2ccc(Oc3ccccc3)cc2)c2ccccc12. The smallest absolute Gasteiger partial charge is 0.251 e. The minimum atomic E-state index is -0.266. The number of benzene rings is 3. The molecule has 5 nitrogen and oxygen atoms in total. The molecule has 4 rings (SSSR count). The summed E-state index contributed by atoms with van der Waals surface area (Å²) in [5, 5.41) is 3.79. The molecule has 1 aromatic heterocycles. The van der Waals surface area contributed by atoms with Crippen molar-refractivity contribution in [1.29, 1.82) is 0 Å². The molecule has 0 unspecified atom stereocenters. The second-order valence-electron chi connectivity index (χ2n) is 6.76. The number of nitrogens with one attached hydrogen (secondary N) is 1. The predicted molar refractivity (Wildman–Crippen MR) is 115 cm³/mol. The van der Waals surface area contributed by atoms with Crippen LogP contribution in [0.3, 0.4) is 0 Å². The summed E-state index contributed by atoms with van der Waals surface area (Å²) in [6, 6.07) is 25.7. The molecule has 1 heterocycles. The van der Waals surface area contributed by atoms with Gasteiger partial charge in [0.1, 0.15) is 18.0 Å². The fourth-order valence-electron chi connectivity index (χ4n) is 3.24. The van der Waals surface area contributed by atoms with Crippen LogP contribution in [0.15, 0.2) is 89.7 Å². The maximum Gasteiger partial charge on any atom is 0.251 e. The van der Waals surface area contributed by atoms with E-state index in [1.54, 1.807) is 30.3 Å². The van der Waals surface area contributed by atoms with E-state index in [2.05, 4.69) is 5.32 Å². The number of aryl methyl sites for hydroxylation is 1. The largest absolute Gasteiger partial charge is 0.457 e. The first kappa shape index (κ1) is 18.5. The maximum absolute atomic E-state index is 12.5. The lowest BCUT2D eigenvalue weighted by Gasteiger charge is -2.12. The molecule has 0 atom stereocenters. The Morgan fingerprint density at radius 1 is 0.897 bits per heavy atom. The number of hydrogen-bond acceptors (Lipinski definition) is 3. The Labute approximate surface area is 168 Å². The fraction of sp³-hybridized carbons (Fsp3) is 0.0833. The quantitative estimate of drug-likeness (QED) is 0.541. The van der Waals surface area contributed by atoms with Gasteiger partial charge in [0.2, 0.25) is 5.91 Å². The number of nitrogens with zero attached hydrogens (tertiary/aromatic N) is 1. The van der Waals surface area contributed by atoms with Crippen molar-refractivity contribution < 1.29 is 9.53 Å². The van der Waals surface area contributed by atoms with Crippen LogP contribution in [0.25, 0.3) is 10.9 Å². The molecule has 0 saturated heterocycles. The van der Waals surface area contributed by atoms with Crippen LogP contribution < -0.4 is 15.6 Å². The van der Waals surface area contributed by atoms with Crippen LogP contribution >= 0.6 is 0 Å². The molecule has 0 aliphatic heterocycles. The van der Waals surface area contributed by atoms with Crippen molar-refractivity contribution >= 4 is 22.5 Å². The molecule has 1 amide bonds. The summed E-state index contributed by atoms with van der Waals surface area (Å²) < 4.78 is 7.24. The van der Waals surface area contributed by atoms with Crippen LogP contribution in [0, 0.1) is 6.92 Å². The zero-order chi connectivity index (χ0) is 20.2. The van der Waals surface area contributed by atoms with Gasteiger partial charge in [0.25, 0.3) is 5.56 Å². The van der Waals surface area contributed by atoms with Crippen molar-refractivity contribution in [1.82, 2.24) is 4.57 Å². The summed E-state index contributed by atoms with van der Waals surface area (Å²) in [5.41, 5.74) is 2.10. The second kappa shape index (κ2) is 8.02. The highest BCUT2D eigenvalue weighted by Crippen LogP contribution is 2.22. The van der Waals surface area contributed by atoms with Crippen molar-refractivity contribution in [3.8, 4) is 11.5 Å². The highest BCUT2D eigenvalue weighted by molar-refractivity contribution is 5.92. The zero-order valence-corrected chi connectivity index (χ0v) is 16.0. The van der Waals surface area contributed by atoms with Crippen LogP contribution in [-0.2, 0) is 11.3 Å². The van der Waals surface area contributed by atoms with Gasteiger partial charge < -0.3 is 10.1 Å². The number of ether oxygens (including phenoxy) is 1. The van der Waals surface area contributed by atoms with Crippen molar-refractivity contribution in [2.24, 2.45) is 0 Å². The lowest BCUT2D eigenvalue weighted by atomic mass is 10.1. The van der Waals surface area contributed by atoms with E-state index in [1.165, 1.54) is 4.57 Å². The number of para-hydroxylation sites is 2. The van der Waals surface area contributed by atoms with Gasteiger partial charge in [-0.05, 0) is 55.0 Å². The molecular weight excluding hydrogens is 364 g/mol. The third-order valence-corrected chi connectivity index (χ3v) is 4.64. The molecule has 0 fully saturated rings. The molecule has 0 spiro atoms. The molecule has 0 bridgehead atoms. The number of amides is 1. The highest BCUT2D eigenvalue weighted by Gasteiger charge is 2.10. The molecule has 0 aliphatic carbocycles. The zero-order valence-electron chi connectivity index (χ0n) is 16.0. The van der Waals surface area contributed by atoms with E-state index in [4.69, 9.17) is 4.74 Å². The lowest BCUT2D eigenvalue weighted by Crippen LogP contribution is -2.27. The summed E-state index contributed by atoms with van der Waals surface area (Å²) in [5.74, 6) is 1.16. The average Bonchev–Trinajstić information content (AvgIpc) is 2.73.